The predicted molar refractivity (Wildman–Crippen MR) is 146 cm³/mol. The number of sulfonamides is 1. The van der Waals surface area contributed by atoms with E-state index < -0.39 is 15.9 Å². The van der Waals surface area contributed by atoms with Gasteiger partial charge in [0.25, 0.3) is 15.9 Å². The molecule has 0 aliphatic rings. The topological polar surface area (TPSA) is 80.5 Å². The molecule has 1 N–H and O–H groups in total. The first kappa shape index (κ1) is 23.7. The van der Waals surface area contributed by atoms with Gasteiger partial charge in [-0.15, -0.1) is 6.58 Å². The Kier molecular flexibility index (Phi) is 6.30. The molecule has 1 amide bonds. The maximum atomic E-state index is 13.4. The molecule has 0 radical (unpaired) electrons. The fraction of sp³-hybridized carbons (Fsp3) is 0.0714. The molecule has 0 spiro atoms. The highest BCUT2D eigenvalue weighted by Gasteiger charge is 2.19. The zero-order valence-electron chi connectivity index (χ0n) is 19.5. The van der Waals surface area contributed by atoms with Crippen LogP contribution in [-0.2, 0) is 16.6 Å². The number of allylic oxidation sites excluding steroid dienone is 1. The molecule has 0 atom stereocenters. The van der Waals surface area contributed by atoms with Crippen molar-refractivity contribution in [3.8, 4) is 0 Å². The van der Waals surface area contributed by atoms with Crippen LogP contribution < -0.4 is 9.52 Å². The molecule has 36 heavy (non-hydrogen) atoms. The highest BCUT2D eigenvalue weighted by molar-refractivity contribution is 7.92. The zero-order chi connectivity index (χ0) is 25.3. The highest BCUT2D eigenvalue weighted by atomic mass is 32.2. The van der Waals surface area contributed by atoms with Gasteiger partial charge in [0.1, 0.15) is 0 Å². The van der Waals surface area contributed by atoms with E-state index in [0.717, 1.165) is 26.6 Å². The average molecular weight is 514 g/mol. The van der Waals surface area contributed by atoms with Gasteiger partial charge in [0.05, 0.1) is 26.4 Å². The third-order valence-corrected chi connectivity index (χ3v) is 8.32. The van der Waals surface area contributed by atoms with Gasteiger partial charge < -0.3 is 4.57 Å². The lowest BCUT2D eigenvalue weighted by Gasteiger charge is -2.11. The first-order chi connectivity index (χ1) is 17.4. The summed E-state index contributed by atoms with van der Waals surface area (Å²) in [7, 11) is -3.88. The molecular weight excluding hydrogens is 490 g/mol. The number of thiazole rings is 1. The van der Waals surface area contributed by atoms with Crippen molar-refractivity contribution >= 4 is 53.9 Å². The second-order valence-electron chi connectivity index (χ2n) is 8.30. The van der Waals surface area contributed by atoms with Gasteiger partial charge in [0.15, 0.2) is 4.80 Å². The lowest BCUT2D eigenvalue weighted by Crippen LogP contribution is -2.18. The van der Waals surface area contributed by atoms with Gasteiger partial charge in [-0.25, -0.2) is 8.42 Å². The Morgan fingerprint density at radius 2 is 1.72 bits per heavy atom. The zero-order valence-corrected chi connectivity index (χ0v) is 21.1. The predicted octanol–water partition coefficient (Wildman–Crippen LogP) is 5.89. The minimum Gasteiger partial charge on any atom is -0.312 e. The Balaban J connectivity index is 1.59. The number of hydrogen-bond donors (Lipinski definition) is 1. The first-order valence-corrected chi connectivity index (χ1v) is 13.6. The van der Waals surface area contributed by atoms with Crippen LogP contribution in [0.2, 0.25) is 0 Å². The van der Waals surface area contributed by atoms with Crippen molar-refractivity contribution in [1.82, 2.24) is 4.57 Å². The summed E-state index contributed by atoms with van der Waals surface area (Å²) in [5.41, 5.74) is 2.25. The standard InChI is InChI=1S/C28H23N3O3S2/c1-3-18-31-25-17-14-20-8-4-5-9-22(20)26(25)35-28(31)29-27(32)23-10-6-7-11-24(23)30-36(33,34)21-15-12-19(2)13-16-21/h3-17,30H,1,18H2,2H3. The number of carbonyl (C=O) groups excluding carboxylic acids is 1. The molecule has 5 rings (SSSR count). The van der Waals surface area contributed by atoms with Crippen molar-refractivity contribution in [3.05, 3.63) is 114 Å². The quantitative estimate of drug-likeness (QED) is 0.287. The van der Waals surface area contributed by atoms with Crippen LogP contribution in [0.15, 0.2) is 107 Å². The summed E-state index contributed by atoms with van der Waals surface area (Å²) in [5.74, 6) is -0.536. The molecule has 8 heteroatoms. The average Bonchev–Trinajstić information content (AvgIpc) is 3.22. The normalized spacial score (nSPS) is 12.2. The number of hydrogen-bond acceptors (Lipinski definition) is 4. The number of aryl methyl sites for hydroxylation is 1. The third kappa shape index (κ3) is 4.48. The minimum absolute atomic E-state index is 0.118. The van der Waals surface area contributed by atoms with E-state index in [1.165, 1.54) is 23.5 Å². The summed E-state index contributed by atoms with van der Waals surface area (Å²) in [6.07, 6.45) is 1.76. The van der Waals surface area contributed by atoms with E-state index in [1.54, 1.807) is 42.5 Å². The van der Waals surface area contributed by atoms with Crippen molar-refractivity contribution in [3.63, 3.8) is 0 Å². The van der Waals surface area contributed by atoms with Gasteiger partial charge >= 0.3 is 0 Å². The molecule has 1 aromatic heterocycles. The number of para-hydroxylation sites is 1. The van der Waals surface area contributed by atoms with E-state index in [0.29, 0.717) is 11.3 Å². The first-order valence-electron chi connectivity index (χ1n) is 11.3. The summed E-state index contributed by atoms with van der Waals surface area (Å²) < 4.78 is 31.4. The second kappa shape index (κ2) is 9.56. The van der Waals surface area contributed by atoms with Gasteiger partial charge in [0, 0.05) is 11.9 Å². The third-order valence-electron chi connectivity index (χ3n) is 5.82. The fourth-order valence-corrected chi connectivity index (χ4v) is 6.27. The Hall–Kier alpha value is -4.01. The second-order valence-corrected chi connectivity index (χ2v) is 11.0. The number of anilines is 1. The minimum atomic E-state index is -3.88. The summed E-state index contributed by atoms with van der Waals surface area (Å²) in [4.78, 5) is 18.4. The number of aromatic nitrogens is 1. The number of benzene rings is 4. The van der Waals surface area contributed by atoms with Crippen LogP contribution in [0.5, 0.6) is 0 Å². The van der Waals surface area contributed by atoms with Crippen LogP contribution in [0.4, 0.5) is 5.69 Å². The van der Waals surface area contributed by atoms with Crippen LogP contribution in [-0.4, -0.2) is 18.9 Å². The van der Waals surface area contributed by atoms with Gasteiger partial charge in [-0.2, -0.15) is 4.99 Å². The number of carbonyl (C=O) groups is 1. The molecule has 0 saturated heterocycles. The number of fused-ring (bicyclic) bond motifs is 3. The molecule has 5 aromatic rings. The SMILES string of the molecule is C=CCn1c(=NC(=O)c2ccccc2NS(=O)(=O)c2ccc(C)cc2)sc2c3ccccc3ccc21. The largest absolute Gasteiger partial charge is 0.312 e. The van der Waals surface area contributed by atoms with E-state index in [9.17, 15) is 13.2 Å². The van der Waals surface area contributed by atoms with Crippen molar-refractivity contribution in [2.45, 2.75) is 18.4 Å². The van der Waals surface area contributed by atoms with Crippen LogP contribution in [0.25, 0.3) is 21.0 Å². The Bertz CT molecular complexity index is 1800. The van der Waals surface area contributed by atoms with E-state index in [1.807, 2.05) is 47.9 Å². The molecule has 0 aliphatic heterocycles. The summed E-state index contributed by atoms with van der Waals surface area (Å²) in [6.45, 7) is 6.21. The Morgan fingerprint density at radius 1 is 1.00 bits per heavy atom. The Labute approximate surface area is 212 Å². The van der Waals surface area contributed by atoms with Crippen LogP contribution in [0.3, 0.4) is 0 Å². The number of nitrogens with zero attached hydrogens (tertiary/aromatic N) is 2. The lowest BCUT2D eigenvalue weighted by molar-refractivity contribution is 0.0998. The Morgan fingerprint density at radius 3 is 2.50 bits per heavy atom. The van der Waals surface area contributed by atoms with Crippen molar-refractivity contribution < 1.29 is 13.2 Å². The molecule has 4 aromatic carbocycles. The smallest absolute Gasteiger partial charge is 0.281 e. The van der Waals surface area contributed by atoms with Crippen LogP contribution in [0, 0.1) is 6.92 Å². The molecule has 1 heterocycles. The number of amides is 1. The van der Waals surface area contributed by atoms with Crippen molar-refractivity contribution in [2.75, 3.05) is 4.72 Å². The molecule has 6 nitrogen and oxygen atoms in total. The lowest BCUT2D eigenvalue weighted by atomic mass is 10.1. The van der Waals surface area contributed by atoms with Crippen LogP contribution >= 0.6 is 11.3 Å². The summed E-state index contributed by atoms with van der Waals surface area (Å²) in [5, 5.41) is 2.18. The van der Waals surface area contributed by atoms with Gasteiger partial charge in [-0.3, -0.25) is 9.52 Å². The van der Waals surface area contributed by atoms with Gasteiger partial charge in [-0.05, 0) is 42.6 Å². The van der Waals surface area contributed by atoms with E-state index >= 15 is 0 Å². The summed E-state index contributed by atoms with van der Waals surface area (Å²) >= 11 is 1.42. The van der Waals surface area contributed by atoms with Crippen LogP contribution in [0.1, 0.15) is 15.9 Å². The fourth-order valence-electron chi connectivity index (χ4n) is 4.02. The molecule has 0 saturated carbocycles. The monoisotopic (exact) mass is 513 g/mol. The maximum absolute atomic E-state index is 13.4. The molecular formula is C28H23N3O3S2. The van der Waals surface area contributed by atoms with Crippen molar-refractivity contribution in [1.29, 1.82) is 0 Å². The summed E-state index contributed by atoms with van der Waals surface area (Å²) in [6, 6.07) is 25.1. The highest BCUT2D eigenvalue weighted by Crippen LogP contribution is 2.28. The number of nitrogens with one attached hydrogen (secondary N) is 1. The maximum Gasteiger partial charge on any atom is 0.281 e. The molecule has 0 fully saturated rings. The molecule has 180 valence electrons. The van der Waals surface area contributed by atoms with Gasteiger partial charge in [0.2, 0.25) is 0 Å². The van der Waals surface area contributed by atoms with E-state index in [4.69, 9.17) is 0 Å². The van der Waals surface area contributed by atoms with E-state index in [-0.39, 0.29) is 16.1 Å². The molecule has 0 bridgehead atoms. The number of rotatable bonds is 6. The van der Waals surface area contributed by atoms with E-state index in [2.05, 4.69) is 16.3 Å². The molecule has 0 aliphatic carbocycles. The van der Waals surface area contributed by atoms with Gasteiger partial charge in [-0.1, -0.05) is 77.6 Å². The molecule has 0 unspecified atom stereocenters. The van der Waals surface area contributed by atoms with Crippen molar-refractivity contribution in [2.24, 2.45) is 4.99 Å².